The highest BCUT2D eigenvalue weighted by Gasteiger charge is 2.51. The van der Waals surface area contributed by atoms with Crippen LogP contribution in [0, 0.1) is 13.8 Å². The van der Waals surface area contributed by atoms with Crippen LogP contribution in [0.2, 0.25) is 0 Å². The van der Waals surface area contributed by atoms with Gasteiger partial charge in [-0.05, 0) is 78.5 Å². The van der Waals surface area contributed by atoms with Crippen molar-refractivity contribution >= 4 is 29.3 Å². The minimum absolute atomic E-state index is 0.382. The second-order valence-electron chi connectivity index (χ2n) is 9.54. The van der Waals surface area contributed by atoms with Crippen LogP contribution in [0.15, 0.2) is 72.8 Å². The number of anilines is 1. The van der Waals surface area contributed by atoms with Gasteiger partial charge in [0.15, 0.2) is 0 Å². The van der Waals surface area contributed by atoms with E-state index in [-0.39, 0.29) is 6.10 Å². The summed E-state index contributed by atoms with van der Waals surface area (Å²) >= 11 is 1.33. The van der Waals surface area contributed by atoms with Crippen molar-refractivity contribution in [3.63, 3.8) is 0 Å². The number of amides is 1. The van der Waals surface area contributed by atoms with Gasteiger partial charge in [-0.15, -0.1) is 0 Å². The Labute approximate surface area is 220 Å². The second-order valence-corrected chi connectivity index (χ2v) is 10.3. The number of aromatic nitrogens is 1. The minimum Gasteiger partial charge on any atom is -0.481 e. The average Bonchev–Trinajstić information content (AvgIpc) is 3.64. The number of carboxylic acids is 1. The predicted molar refractivity (Wildman–Crippen MR) is 146 cm³/mol. The minimum atomic E-state index is -0.748. The molecule has 1 amide bonds. The summed E-state index contributed by atoms with van der Waals surface area (Å²) in [6.45, 7) is 5.72. The fourth-order valence-corrected chi connectivity index (χ4v) is 5.51. The number of carbonyl (C=O) groups is 2. The summed E-state index contributed by atoms with van der Waals surface area (Å²) in [6.07, 6.45) is 0.484. The quantitative estimate of drug-likeness (QED) is 0.267. The van der Waals surface area contributed by atoms with E-state index in [1.807, 2.05) is 93.6 Å². The molecular formula is C30H28N2O4S. The molecule has 1 aliphatic rings. The lowest BCUT2D eigenvalue weighted by Crippen LogP contribution is -2.19. The highest BCUT2D eigenvalue weighted by molar-refractivity contribution is 7.10. The maximum Gasteiger partial charge on any atom is 0.412 e. The van der Waals surface area contributed by atoms with Gasteiger partial charge in [-0.1, -0.05) is 72.8 Å². The molecular weight excluding hydrogens is 484 g/mol. The molecule has 2 N–H and O–H groups in total. The second kappa shape index (κ2) is 9.82. The Morgan fingerprint density at radius 1 is 0.946 bits per heavy atom. The van der Waals surface area contributed by atoms with Gasteiger partial charge in [-0.2, -0.15) is 4.37 Å². The molecule has 1 aliphatic carbocycles. The standard InChI is InChI=1S/C30H28N2O4S/c1-18-6-4-5-7-25(18)20(3)36-29(35)31-26-19(2)32-37-27(26)23-10-8-21(9-11-23)22-12-14-24(15-13-22)30(16-17-30)28(33)34/h4-15,20H,16-17H2,1-3H3,(H,31,35)(H,33,34)/t20-/m1/s1. The van der Waals surface area contributed by atoms with E-state index in [0.29, 0.717) is 18.5 Å². The number of nitrogens with zero attached hydrogens (tertiary/aromatic N) is 1. The van der Waals surface area contributed by atoms with Crippen molar-refractivity contribution in [3.05, 3.63) is 95.2 Å². The monoisotopic (exact) mass is 512 g/mol. The Balaban J connectivity index is 1.30. The average molecular weight is 513 g/mol. The van der Waals surface area contributed by atoms with E-state index in [9.17, 15) is 14.7 Å². The molecule has 188 valence electrons. The first-order chi connectivity index (χ1) is 17.8. The number of carbonyl (C=O) groups excluding carboxylic acids is 1. The van der Waals surface area contributed by atoms with Crippen LogP contribution >= 0.6 is 11.5 Å². The number of carboxylic acid groups (broad SMARTS) is 1. The third-order valence-electron chi connectivity index (χ3n) is 7.08. The summed E-state index contributed by atoms with van der Waals surface area (Å²) in [5, 5.41) is 12.4. The lowest BCUT2D eigenvalue weighted by molar-refractivity contribution is -0.140. The van der Waals surface area contributed by atoms with Gasteiger partial charge in [-0.25, -0.2) is 4.79 Å². The molecule has 0 radical (unpaired) electrons. The van der Waals surface area contributed by atoms with Crippen molar-refractivity contribution in [2.75, 3.05) is 5.32 Å². The van der Waals surface area contributed by atoms with Gasteiger partial charge in [0, 0.05) is 0 Å². The van der Waals surface area contributed by atoms with E-state index in [1.165, 1.54) is 11.5 Å². The van der Waals surface area contributed by atoms with Crippen molar-refractivity contribution in [1.29, 1.82) is 0 Å². The van der Waals surface area contributed by atoms with Crippen LogP contribution in [-0.4, -0.2) is 21.5 Å². The normalized spacial score (nSPS) is 14.6. The fourth-order valence-electron chi connectivity index (χ4n) is 4.66. The van der Waals surface area contributed by atoms with Gasteiger partial charge in [0.1, 0.15) is 6.10 Å². The Hall–Kier alpha value is -3.97. The number of hydrogen-bond donors (Lipinski definition) is 2. The molecule has 0 bridgehead atoms. The Morgan fingerprint density at radius 2 is 1.54 bits per heavy atom. The first-order valence-electron chi connectivity index (χ1n) is 12.2. The topological polar surface area (TPSA) is 88.5 Å². The molecule has 7 heteroatoms. The Morgan fingerprint density at radius 3 is 2.14 bits per heavy atom. The first-order valence-corrected chi connectivity index (χ1v) is 13.0. The zero-order chi connectivity index (χ0) is 26.2. The molecule has 1 heterocycles. The summed E-state index contributed by atoms with van der Waals surface area (Å²) < 4.78 is 10.1. The summed E-state index contributed by atoms with van der Waals surface area (Å²) in [5.41, 5.74) is 6.56. The van der Waals surface area contributed by atoms with Gasteiger partial charge in [0.2, 0.25) is 0 Å². The Kier molecular flexibility index (Phi) is 6.56. The molecule has 6 nitrogen and oxygen atoms in total. The van der Waals surface area contributed by atoms with Crippen molar-refractivity contribution in [1.82, 2.24) is 4.37 Å². The third-order valence-corrected chi connectivity index (χ3v) is 8.06. The number of rotatable bonds is 7. The number of aliphatic carboxylic acids is 1. The van der Waals surface area contributed by atoms with Gasteiger partial charge in [0.05, 0.1) is 21.7 Å². The van der Waals surface area contributed by atoms with Crippen LogP contribution in [0.1, 0.15) is 48.3 Å². The van der Waals surface area contributed by atoms with E-state index in [2.05, 4.69) is 9.69 Å². The molecule has 1 saturated carbocycles. The first kappa shape index (κ1) is 24.7. The SMILES string of the molecule is Cc1ccccc1[C@@H](C)OC(=O)Nc1c(C)nsc1-c1ccc(-c2ccc(C3(C(=O)O)CC3)cc2)cc1. The molecule has 5 rings (SSSR count). The lowest BCUT2D eigenvalue weighted by atomic mass is 9.93. The van der Waals surface area contributed by atoms with Crippen LogP contribution < -0.4 is 5.32 Å². The zero-order valence-corrected chi connectivity index (χ0v) is 21.8. The van der Waals surface area contributed by atoms with Crippen LogP contribution in [0.5, 0.6) is 0 Å². The number of ether oxygens (including phenoxy) is 1. The summed E-state index contributed by atoms with van der Waals surface area (Å²) in [7, 11) is 0. The van der Waals surface area contributed by atoms with Gasteiger partial charge >= 0.3 is 12.1 Å². The molecule has 3 aromatic carbocycles. The van der Waals surface area contributed by atoms with Crippen molar-refractivity contribution in [2.45, 2.75) is 45.1 Å². The molecule has 0 aliphatic heterocycles. The van der Waals surface area contributed by atoms with Crippen LogP contribution in [-0.2, 0) is 14.9 Å². The number of aryl methyl sites for hydroxylation is 2. The summed E-state index contributed by atoms with van der Waals surface area (Å²) in [5.74, 6) is -0.748. The third kappa shape index (κ3) is 4.87. The molecule has 0 spiro atoms. The fraction of sp³-hybridized carbons (Fsp3) is 0.233. The van der Waals surface area contributed by atoms with E-state index < -0.39 is 17.5 Å². The summed E-state index contributed by atoms with van der Waals surface area (Å²) in [6, 6.07) is 23.7. The van der Waals surface area contributed by atoms with E-state index in [4.69, 9.17) is 4.74 Å². The van der Waals surface area contributed by atoms with Gasteiger partial charge < -0.3 is 9.84 Å². The number of hydrogen-bond acceptors (Lipinski definition) is 5. The predicted octanol–water partition coefficient (Wildman–Crippen LogP) is 7.52. The maximum atomic E-state index is 12.7. The van der Waals surface area contributed by atoms with Gasteiger partial charge in [-0.3, -0.25) is 10.1 Å². The number of nitrogens with one attached hydrogen (secondary N) is 1. The largest absolute Gasteiger partial charge is 0.481 e. The lowest BCUT2D eigenvalue weighted by Gasteiger charge is -2.16. The highest BCUT2D eigenvalue weighted by Crippen LogP contribution is 2.48. The smallest absolute Gasteiger partial charge is 0.412 e. The van der Waals surface area contributed by atoms with Crippen LogP contribution in [0.4, 0.5) is 10.5 Å². The number of benzene rings is 3. The van der Waals surface area contributed by atoms with E-state index >= 15 is 0 Å². The molecule has 0 saturated heterocycles. The molecule has 1 atom stereocenters. The molecule has 4 aromatic rings. The molecule has 37 heavy (non-hydrogen) atoms. The zero-order valence-electron chi connectivity index (χ0n) is 20.9. The Bertz CT molecular complexity index is 1450. The van der Waals surface area contributed by atoms with Crippen molar-refractivity contribution in [3.8, 4) is 21.6 Å². The maximum absolute atomic E-state index is 12.7. The van der Waals surface area contributed by atoms with E-state index in [1.54, 1.807) is 0 Å². The molecule has 1 fully saturated rings. The molecule has 0 unspecified atom stereocenters. The van der Waals surface area contributed by atoms with Gasteiger partial charge in [0.25, 0.3) is 0 Å². The van der Waals surface area contributed by atoms with Crippen molar-refractivity contribution in [2.24, 2.45) is 0 Å². The van der Waals surface area contributed by atoms with Crippen LogP contribution in [0.25, 0.3) is 21.6 Å². The van der Waals surface area contributed by atoms with E-state index in [0.717, 1.165) is 44.0 Å². The summed E-state index contributed by atoms with van der Waals surface area (Å²) in [4.78, 5) is 25.2. The van der Waals surface area contributed by atoms with Crippen molar-refractivity contribution < 1.29 is 19.4 Å². The van der Waals surface area contributed by atoms with Crippen LogP contribution in [0.3, 0.4) is 0 Å². The highest BCUT2D eigenvalue weighted by atomic mass is 32.1. The molecule has 1 aromatic heterocycles.